The highest BCUT2D eigenvalue weighted by Crippen LogP contribution is 2.26. The van der Waals surface area contributed by atoms with Gasteiger partial charge >= 0.3 is 0 Å². The summed E-state index contributed by atoms with van der Waals surface area (Å²) in [5.41, 5.74) is -0.0299. The van der Waals surface area contributed by atoms with Crippen LogP contribution in [0.4, 0.5) is 23.1 Å². The molecule has 0 radical (unpaired) electrons. The number of ether oxygens (including phenoxy) is 1. The Labute approximate surface area is 187 Å². The Morgan fingerprint density at radius 2 is 2.03 bits per heavy atom. The first kappa shape index (κ1) is 15.2. The van der Waals surface area contributed by atoms with E-state index in [0.29, 0.717) is 5.56 Å². The van der Waals surface area contributed by atoms with Crippen LogP contribution in [0.3, 0.4) is 0 Å². The quantitative estimate of drug-likeness (QED) is 0.463. The van der Waals surface area contributed by atoms with Crippen molar-refractivity contribution in [2.24, 2.45) is 0 Å². The van der Waals surface area contributed by atoms with Crippen molar-refractivity contribution in [3.63, 3.8) is 0 Å². The van der Waals surface area contributed by atoms with Crippen LogP contribution in [0.5, 0.6) is 0 Å². The normalized spacial score (nSPS) is 14.7. The SMILES string of the molecule is [2H]C([2H])([2H])NC(=O)c1nnc(Nc2ccc(COC([2H])([2H])[2H])cn2)cc1Nc1ncccc1S(C)(=O)=O. The first-order valence-electron chi connectivity index (χ1n) is 11.6. The Balaban J connectivity index is 1.92. The molecule has 3 heterocycles. The van der Waals surface area contributed by atoms with Crippen LogP contribution >= 0.6 is 0 Å². The average molecular weight is 450 g/mol. The molecule has 0 unspecified atom stereocenters. The molecule has 0 aliphatic heterocycles. The van der Waals surface area contributed by atoms with Gasteiger partial charge in [-0.25, -0.2) is 18.4 Å². The lowest BCUT2D eigenvalue weighted by molar-refractivity contribution is 0.0958. The fourth-order valence-electron chi connectivity index (χ4n) is 2.48. The van der Waals surface area contributed by atoms with Crippen LogP contribution in [0.15, 0.2) is 47.6 Å². The highest BCUT2D eigenvalue weighted by Gasteiger charge is 2.19. The van der Waals surface area contributed by atoms with E-state index in [4.69, 9.17) is 13.0 Å². The topological polar surface area (TPSA) is 148 Å². The summed E-state index contributed by atoms with van der Waals surface area (Å²) in [5, 5.41) is 15.0. The van der Waals surface area contributed by atoms with E-state index in [9.17, 15) is 13.2 Å². The highest BCUT2D eigenvalue weighted by atomic mass is 32.2. The maximum atomic E-state index is 12.6. The molecule has 3 aromatic heterocycles. The van der Waals surface area contributed by atoms with Crippen molar-refractivity contribution in [1.29, 1.82) is 0 Å². The van der Waals surface area contributed by atoms with Crippen molar-refractivity contribution in [2.45, 2.75) is 11.5 Å². The smallest absolute Gasteiger partial charge is 0.273 e. The van der Waals surface area contributed by atoms with Crippen molar-refractivity contribution in [3.8, 4) is 0 Å². The Morgan fingerprint density at radius 3 is 2.74 bits per heavy atom. The molecular weight excluding hydrogens is 422 g/mol. The second-order valence-electron chi connectivity index (χ2n) is 6.16. The monoisotopic (exact) mass is 449 g/mol. The second-order valence-corrected chi connectivity index (χ2v) is 8.14. The fraction of sp³-hybridized carbons (Fsp3) is 0.211. The van der Waals surface area contributed by atoms with E-state index >= 15 is 0 Å². The number of pyridine rings is 2. The van der Waals surface area contributed by atoms with Gasteiger partial charge in [-0.15, -0.1) is 10.2 Å². The molecule has 3 rings (SSSR count). The van der Waals surface area contributed by atoms with Gasteiger partial charge in [-0.2, -0.15) is 0 Å². The van der Waals surface area contributed by atoms with Crippen LogP contribution in [0.1, 0.15) is 24.3 Å². The minimum atomic E-state index is -3.72. The van der Waals surface area contributed by atoms with Gasteiger partial charge in [-0.05, 0) is 23.8 Å². The molecule has 0 aliphatic rings. The first-order chi connectivity index (χ1) is 17.1. The predicted octanol–water partition coefficient (Wildman–Crippen LogP) is 1.66. The third kappa shape index (κ3) is 5.49. The second kappa shape index (κ2) is 9.45. The summed E-state index contributed by atoms with van der Waals surface area (Å²) < 4.78 is 72.1. The number of anilines is 4. The van der Waals surface area contributed by atoms with Gasteiger partial charge in [0.15, 0.2) is 21.3 Å². The number of carbonyl (C=O) groups is 1. The Kier molecular flexibility index (Phi) is 4.63. The number of methoxy groups -OCH3 is 1. The number of carbonyl (C=O) groups excluding carboxylic acids is 1. The van der Waals surface area contributed by atoms with E-state index in [2.05, 4.69) is 30.8 Å². The summed E-state index contributed by atoms with van der Waals surface area (Å²) in [6.45, 7) is -3.00. The average Bonchev–Trinajstić information content (AvgIpc) is 2.77. The summed E-state index contributed by atoms with van der Waals surface area (Å²) in [4.78, 5) is 20.5. The number of nitrogens with one attached hydrogen (secondary N) is 3. The van der Waals surface area contributed by atoms with Gasteiger partial charge in [-0.1, -0.05) is 6.07 Å². The van der Waals surface area contributed by atoms with Crippen molar-refractivity contribution in [3.05, 3.63) is 54.0 Å². The molecule has 0 bridgehead atoms. The zero-order valence-electron chi connectivity index (χ0n) is 22.1. The first-order valence-corrected chi connectivity index (χ1v) is 10.5. The molecule has 12 heteroatoms. The summed E-state index contributed by atoms with van der Waals surface area (Å²) >= 11 is 0. The lowest BCUT2D eigenvalue weighted by atomic mass is 10.2. The molecule has 0 atom stereocenters. The molecule has 3 N–H and O–H groups in total. The van der Waals surface area contributed by atoms with E-state index in [0.717, 1.165) is 6.26 Å². The Hall–Kier alpha value is -3.64. The molecule has 0 fully saturated rings. The van der Waals surface area contributed by atoms with Gasteiger partial charge in [0.05, 0.1) is 16.4 Å². The molecule has 1 amide bonds. The maximum Gasteiger partial charge on any atom is 0.273 e. The van der Waals surface area contributed by atoms with Crippen LogP contribution < -0.4 is 16.0 Å². The molecule has 0 aliphatic carbocycles. The van der Waals surface area contributed by atoms with E-state index < -0.39 is 35.5 Å². The standard InChI is InChI=1S/C19H21N7O4S/c1-20-19(27)17-13(23-18-14(31(3,28)29)5-4-8-21-18)9-16(25-26-17)24-15-7-6-12(10-22-15)11-30-2/h4-10H,11H2,1-3H3,(H,20,27)(H2,21,22,23,24,25)/i1D3,2D3. The highest BCUT2D eigenvalue weighted by molar-refractivity contribution is 7.90. The van der Waals surface area contributed by atoms with Gasteiger partial charge in [0.25, 0.3) is 5.91 Å². The summed E-state index contributed by atoms with van der Waals surface area (Å²) in [7, 11) is -6.26. The molecular formula is C19H21N7O4S. The minimum Gasteiger partial charge on any atom is -0.380 e. The van der Waals surface area contributed by atoms with Crippen molar-refractivity contribution >= 4 is 38.9 Å². The minimum absolute atomic E-state index is 0.0590. The summed E-state index contributed by atoms with van der Waals surface area (Å²) in [6, 6.07) is 7.10. The molecule has 0 aromatic carbocycles. The predicted molar refractivity (Wildman–Crippen MR) is 114 cm³/mol. The molecule has 0 spiro atoms. The lowest BCUT2D eigenvalue weighted by Gasteiger charge is -2.13. The number of aromatic nitrogens is 4. The number of sulfone groups is 1. The van der Waals surface area contributed by atoms with Gasteiger partial charge in [0.1, 0.15) is 16.5 Å². The Bertz CT molecular complexity index is 1380. The van der Waals surface area contributed by atoms with E-state index in [1.165, 1.54) is 36.7 Å². The zero-order valence-corrected chi connectivity index (χ0v) is 16.9. The van der Waals surface area contributed by atoms with Gasteiger partial charge in [0, 0.05) is 42.8 Å². The fourth-order valence-corrected chi connectivity index (χ4v) is 3.27. The van der Waals surface area contributed by atoms with E-state index in [1.807, 2.05) is 0 Å². The van der Waals surface area contributed by atoms with Crippen molar-refractivity contribution in [1.82, 2.24) is 25.5 Å². The zero-order chi connectivity index (χ0) is 27.4. The molecule has 11 nitrogen and oxygen atoms in total. The maximum absolute atomic E-state index is 12.6. The summed E-state index contributed by atoms with van der Waals surface area (Å²) in [5.74, 6) is -0.880. The van der Waals surface area contributed by atoms with Gasteiger partial charge in [-0.3, -0.25) is 4.79 Å². The number of hydrogen-bond donors (Lipinski definition) is 3. The molecule has 162 valence electrons. The third-order valence-corrected chi connectivity index (χ3v) is 4.99. The third-order valence-electron chi connectivity index (χ3n) is 3.87. The Morgan fingerprint density at radius 1 is 1.16 bits per heavy atom. The van der Waals surface area contributed by atoms with E-state index in [1.54, 1.807) is 11.4 Å². The summed E-state index contributed by atoms with van der Waals surface area (Å²) in [6.07, 6.45) is 3.69. The molecule has 0 saturated heterocycles. The van der Waals surface area contributed by atoms with Crippen LogP contribution in [0.25, 0.3) is 0 Å². The van der Waals surface area contributed by atoms with E-state index in [-0.39, 0.29) is 34.6 Å². The van der Waals surface area contributed by atoms with Crippen molar-refractivity contribution < 1.29 is 26.2 Å². The number of hydrogen-bond acceptors (Lipinski definition) is 10. The lowest BCUT2D eigenvalue weighted by Crippen LogP contribution is -2.22. The molecule has 0 saturated carbocycles. The number of nitrogens with zero attached hydrogens (tertiary/aromatic N) is 4. The molecule has 3 aromatic rings. The van der Waals surface area contributed by atoms with Crippen LogP contribution in [-0.4, -0.2) is 54.8 Å². The van der Waals surface area contributed by atoms with Gasteiger partial charge < -0.3 is 20.7 Å². The van der Waals surface area contributed by atoms with Crippen LogP contribution in [-0.2, 0) is 21.2 Å². The van der Waals surface area contributed by atoms with Gasteiger partial charge in [0.2, 0.25) is 0 Å². The number of amides is 1. The van der Waals surface area contributed by atoms with Crippen LogP contribution in [0.2, 0.25) is 0 Å². The number of rotatable bonds is 8. The van der Waals surface area contributed by atoms with Crippen LogP contribution in [0, 0.1) is 0 Å². The molecule has 31 heavy (non-hydrogen) atoms. The largest absolute Gasteiger partial charge is 0.380 e. The van der Waals surface area contributed by atoms with Crippen molar-refractivity contribution in [2.75, 3.05) is 30.9 Å².